The van der Waals surface area contributed by atoms with Crippen LogP contribution in [0, 0.1) is 0 Å². The third-order valence-electron chi connectivity index (χ3n) is 4.41. The third kappa shape index (κ3) is 8.28. The first-order chi connectivity index (χ1) is 16.2. The number of hydrogen-bond acceptors (Lipinski definition) is 6. The van der Waals surface area contributed by atoms with Crippen molar-refractivity contribution in [1.82, 2.24) is 0 Å². The predicted molar refractivity (Wildman–Crippen MR) is 136 cm³/mol. The number of alkyl halides is 3. The fourth-order valence-corrected chi connectivity index (χ4v) is 3.04. The lowest BCUT2D eigenvalue weighted by Crippen LogP contribution is -2.24. The van der Waals surface area contributed by atoms with Crippen LogP contribution in [-0.4, -0.2) is 37.2 Å². The average Bonchev–Trinajstić information content (AvgIpc) is 2.77. The van der Waals surface area contributed by atoms with E-state index in [1.165, 1.54) is 0 Å². The molecular weight excluding hydrogens is 517 g/mol. The van der Waals surface area contributed by atoms with E-state index in [1.54, 1.807) is 13.2 Å². The monoisotopic (exact) mass is 544 g/mol. The molecule has 0 aliphatic carbocycles. The summed E-state index contributed by atoms with van der Waals surface area (Å²) in [4.78, 5) is 12.8. The second-order valence-corrected chi connectivity index (χ2v) is 9.57. The van der Waals surface area contributed by atoms with Crippen LogP contribution in [0.4, 0.5) is 13.2 Å². The van der Waals surface area contributed by atoms with E-state index in [9.17, 15) is 18.0 Å². The lowest BCUT2D eigenvalue weighted by molar-refractivity contribution is -0.0518. The van der Waals surface area contributed by atoms with Gasteiger partial charge in [-0.3, -0.25) is 0 Å². The Labute approximate surface area is 215 Å². The largest absolute Gasteiger partial charge is 0.741 e. The Morgan fingerprint density at radius 2 is 1.28 bits per heavy atom. The molecule has 0 aromatic heterocycles. The highest BCUT2D eigenvalue weighted by Crippen LogP contribution is 2.41. The summed E-state index contributed by atoms with van der Waals surface area (Å²) in [6.45, 7) is 5.56. The van der Waals surface area contributed by atoms with Gasteiger partial charge in [0.25, 0.3) is 0 Å². The van der Waals surface area contributed by atoms with E-state index < -0.39 is 27.2 Å². The fraction of sp³-hybridized carbons (Fsp3) is 0.240. The van der Waals surface area contributed by atoms with Gasteiger partial charge in [0, 0.05) is 5.56 Å². The topological polar surface area (TPSA) is 92.7 Å². The molecule has 0 radical (unpaired) electrons. The summed E-state index contributed by atoms with van der Waals surface area (Å²) in [6, 6.07) is 23.8. The van der Waals surface area contributed by atoms with Gasteiger partial charge in [-0.05, 0) is 43.5 Å². The molecule has 196 valence electrons. The number of carbonyl (C=O) groups excluding carboxylic acids is 1. The van der Waals surface area contributed by atoms with Crippen molar-refractivity contribution in [3.63, 3.8) is 0 Å². The first-order valence-corrected chi connectivity index (χ1v) is 11.6. The molecule has 0 amide bonds. The van der Waals surface area contributed by atoms with Gasteiger partial charge in [0.15, 0.2) is 10.1 Å². The van der Waals surface area contributed by atoms with Gasteiger partial charge in [-0.25, -0.2) is 13.2 Å². The van der Waals surface area contributed by atoms with Crippen LogP contribution in [0.5, 0.6) is 5.75 Å². The molecular formula is C25H27F3O6S2. The van der Waals surface area contributed by atoms with Crippen molar-refractivity contribution in [3.05, 3.63) is 78.4 Å². The van der Waals surface area contributed by atoms with E-state index in [1.807, 2.05) is 87.5 Å². The minimum absolute atomic E-state index is 0. The maximum absolute atomic E-state index is 12.8. The highest BCUT2D eigenvalue weighted by Gasteiger charge is 2.37. The van der Waals surface area contributed by atoms with E-state index in [2.05, 4.69) is 0 Å². The molecule has 0 spiro atoms. The molecule has 0 saturated carbocycles. The van der Waals surface area contributed by atoms with Gasteiger partial charge >= 0.3 is 11.5 Å². The highest BCUT2D eigenvalue weighted by atomic mass is 32.2. The first-order valence-electron chi connectivity index (χ1n) is 10.2. The highest BCUT2D eigenvalue weighted by molar-refractivity contribution is 7.86. The van der Waals surface area contributed by atoms with Crippen LogP contribution >= 0.6 is 0 Å². The van der Waals surface area contributed by atoms with Gasteiger partial charge in [0.1, 0.15) is 16.9 Å². The zero-order chi connectivity index (χ0) is 26.4. The molecule has 0 bridgehead atoms. The Balaban J connectivity index is 0.000000625. The van der Waals surface area contributed by atoms with E-state index in [0.29, 0.717) is 11.3 Å². The molecule has 0 N–H and O–H groups in total. The van der Waals surface area contributed by atoms with Crippen molar-refractivity contribution in [1.29, 1.82) is 0 Å². The van der Waals surface area contributed by atoms with Crippen LogP contribution in [0.3, 0.4) is 0 Å². The fourth-order valence-electron chi connectivity index (χ4n) is 3.04. The van der Waals surface area contributed by atoms with Gasteiger partial charge in [-0.2, -0.15) is 13.2 Å². The molecule has 0 heterocycles. The second kappa shape index (κ2) is 12.3. The zero-order valence-electron chi connectivity index (χ0n) is 20.0. The number of halogens is 3. The lowest BCUT2D eigenvalue weighted by atomic mass is 9.91. The smallest absolute Gasteiger partial charge is 0.485 e. The average molecular weight is 545 g/mol. The van der Waals surface area contributed by atoms with Crippen molar-refractivity contribution in [2.24, 2.45) is 0 Å². The number of ether oxygens (including phenoxy) is 2. The van der Waals surface area contributed by atoms with Crippen molar-refractivity contribution in [2.75, 3.05) is 7.11 Å². The summed E-state index contributed by atoms with van der Waals surface area (Å²) in [5, 5.41) is 0. The Hall–Kier alpha value is -3.02. The maximum Gasteiger partial charge on any atom is 0.485 e. The van der Waals surface area contributed by atoms with Crippen molar-refractivity contribution in [3.8, 4) is 28.0 Å². The molecule has 11 heteroatoms. The zero-order valence-corrected chi connectivity index (χ0v) is 22.0. The molecule has 0 aliphatic heterocycles. The van der Waals surface area contributed by atoms with Crippen molar-refractivity contribution >= 4 is 29.6 Å². The Bertz CT molecular complexity index is 1250. The minimum Gasteiger partial charge on any atom is -0.741 e. The summed E-state index contributed by atoms with van der Waals surface area (Å²) < 4.78 is 70.2. The van der Waals surface area contributed by atoms with E-state index in [4.69, 9.17) is 22.4 Å². The number of benzene rings is 3. The molecule has 6 nitrogen and oxygen atoms in total. The maximum atomic E-state index is 12.8. The molecule has 0 atom stereocenters. The van der Waals surface area contributed by atoms with Crippen LogP contribution < -0.4 is 4.74 Å². The SMILES string of the molecule is COc1c(C(=O)OC(C)(C)C)ccc(-c2ccccc2)c1-c1ccccc1.O=S(=O)([O-])C(F)(F)F.[SH3+]. The van der Waals surface area contributed by atoms with Crippen LogP contribution in [0.15, 0.2) is 72.8 Å². The van der Waals surface area contributed by atoms with Gasteiger partial charge in [-0.1, -0.05) is 80.2 Å². The molecule has 3 aromatic rings. The molecule has 0 saturated heterocycles. The number of hydrogen-bond donors (Lipinski definition) is 0. The van der Waals surface area contributed by atoms with Crippen LogP contribution in [-0.2, 0) is 28.4 Å². The minimum atomic E-state index is -6.09. The lowest BCUT2D eigenvalue weighted by Gasteiger charge is -2.22. The predicted octanol–water partition coefficient (Wildman–Crippen LogP) is 5.23. The first kappa shape index (κ1) is 31.0. The van der Waals surface area contributed by atoms with Crippen LogP contribution in [0.1, 0.15) is 31.1 Å². The summed E-state index contributed by atoms with van der Waals surface area (Å²) in [7, 11) is -4.50. The van der Waals surface area contributed by atoms with Crippen LogP contribution in [0.2, 0.25) is 0 Å². The Morgan fingerprint density at radius 1 is 0.833 bits per heavy atom. The molecule has 0 fully saturated rings. The second-order valence-electron chi connectivity index (χ2n) is 8.20. The Morgan fingerprint density at radius 3 is 1.67 bits per heavy atom. The van der Waals surface area contributed by atoms with Gasteiger partial charge in [0.05, 0.1) is 7.11 Å². The summed E-state index contributed by atoms with van der Waals surface area (Å²) in [5.74, 6) is 0.132. The number of esters is 1. The Kier molecular flexibility index (Phi) is 10.6. The van der Waals surface area contributed by atoms with E-state index in [0.717, 1.165) is 22.3 Å². The summed E-state index contributed by atoms with van der Waals surface area (Å²) >= 11 is 0. The summed E-state index contributed by atoms with van der Waals surface area (Å²) in [5.41, 5.74) is -1.87. The van der Waals surface area contributed by atoms with Crippen LogP contribution in [0.25, 0.3) is 22.3 Å². The standard InChI is InChI=1S/C24H24O3.CHF3O3S.H2S/c1-24(2,3)27-23(25)20-16-15-19(17-11-7-5-8-12-17)21(22(20)26-4)18-13-9-6-10-14-18;2-1(3,4)8(5,6)7;/h5-16H,1-4H3;(H,5,6,7);1H2. The van der Waals surface area contributed by atoms with Crippen molar-refractivity contribution in [2.45, 2.75) is 31.9 Å². The number of rotatable bonds is 4. The third-order valence-corrected chi connectivity index (χ3v) is 4.98. The molecule has 0 unspecified atom stereocenters. The summed E-state index contributed by atoms with van der Waals surface area (Å²) in [6.07, 6.45) is 0. The molecule has 3 aromatic carbocycles. The number of methoxy groups -OCH3 is 1. The molecule has 0 aliphatic rings. The van der Waals surface area contributed by atoms with Gasteiger partial charge in [-0.15, -0.1) is 0 Å². The van der Waals surface area contributed by atoms with Gasteiger partial charge in [0.2, 0.25) is 0 Å². The van der Waals surface area contributed by atoms with E-state index in [-0.39, 0.29) is 13.5 Å². The van der Waals surface area contributed by atoms with Crippen molar-refractivity contribution < 1.29 is 40.4 Å². The van der Waals surface area contributed by atoms with Gasteiger partial charge < -0.3 is 14.0 Å². The normalized spacial score (nSPS) is 11.4. The number of carbonyl (C=O) groups is 1. The van der Waals surface area contributed by atoms with E-state index >= 15 is 0 Å². The quantitative estimate of drug-likeness (QED) is 0.193. The molecule has 36 heavy (non-hydrogen) atoms. The molecule has 3 rings (SSSR count).